The van der Waals surface area contributed by atoms with Crippen LogP contribution in [0.3, 0.4) is 0 Å². The molecule has 0 aromatic carbocycles. The van der Waals surface area contributed by atoms with Crippen molar-refractivity contribution >= 4 is 0 Å². The van der Waals surface area contributed by atoms with Crippen LogP contribution in [0.1, 0.15) is 25.7 Å². The second-order valence-electron chi connectivity index (χ2n) is 5.88. The second-order valence-corrected chi connectivity index (χ2v) is 5.88. The summed E-state index contributed by atoms with van der Waals surface area (Å²) in [5.41, 5.74) is 0. The lowest BCUT2D eigenvalue weighted by Gasteiger charge is -2.34. The van der Waals surface area contributed by atoms with Crippen molar-refractivity contribution in [2.75, 3.05) is 53.5 Å². The zero-order valence-corrected chi connectivity index (χ0v) is 12.0. The third kappa shape index (κ3) is 5.22. The lowest BCUT2D eigenvalue weighted by molar-refractivity contribution is 0.138. The third-order valence-corrected chi connectivity index (χ3v) is 4.03. The molecule has 4 heteroatoms. The van der Waals surface area contributed by atoms with Crippen molar-refractivity contribution in [1.82, 2.24) is 15.1 Å². The number of ether oxygens (including phenoxy) is 1. The monoisotopic (exact) mass is 255 g/mol. The van der Waals surface area contributed by atoms with E-state index < -0.39 is 0 Å². The molecule has 4 nitrogen and oxygen atoms in total. The van der Waals surface area contributed by atoms with Gasteiger partial charge in [0.25, 0.3) is 0 Å². The largest absolute Gasteiger partial charge is 0.383 e. The molecule has 1 aliphatic heterocycles. The van der Waals surface area contributed by atoms with Gasteiger partial charge < -0.3 is 19.9 Å². The van der Waals surface area contributed by atoms with Crippen LogP contribution >= 0.6 is 0 Å². The van der Waals surface area contributed by atoms with Crippen molar-refractivity contribution in [2.45, 2.75) is 37.8 Å². The van der Waals surface area contributed by atoms with E-state index >= 15 is 0 Å². The summed E-state index contributed by atoms with van der Waals surface area (Å²) < 4.78 is 5.11. The average Bonchev–Trinajstić information content (AvgIpc) is 3.18. The van der Waals surface area contributed by atoms with Gasteiger partial charge in [0.05, 0.1) is 6.61 Å². The van der Waals surface area contributed by atoms with Gasteiger partial charge in [-0.1, -0.05) is 0 Å². The summed E-state index contributed by atoms with van der Waals surface area (Å²) in [6.45, 7) is 6.74. The van der Waals surface area contributed by atoms with Gasteiger partial charge in [0.1, 0.15) is 0 Å². The van der Waals surface area contributed by atoms with Crippen LogP contribution in [0.25, 0.3) is 0 Å². The van der Waals surface area contributed by atoms with Crippen LogP contribution in [0, 0.1) is 0 Å². The summed E-state index contributed by atoms with van der Waals surface area (Å²) in [4.78, 5) is 4.98. The smallest absolute Gasteiger partial charge is 0.0589 e. The van der Waals surface area contributed by atoms with Gasteiger partial charge in [0.15, 0.2) is 0 Å². The first-order valence-electron chi connectivity index (χ1n) is 7.44. The van der Waals surface area contributed by atoms with Crippen LogP contribution in [-0.4, -0.2) is 75.4 Å². The molecule has 0 aromatic rings. The molecule has 2 aliphatic rings. The van der Waals surface area contributed by atoms with Gasteiger partial charge in [0.2, 0.25) is 0 Å². The molecule has 0 radical (unpaired) electrons. The van der Waals surface area contributed by atoms with E-state index in [0.29, 0.717) is 0 Å². The fraction of sp³-hybridized carbons (Fsp3) is 1.00. The van der Waals surface area contributed by atoms with Crippen LogP contribution in [0.2, 0.25) is 0 Å². The number of nitrogens with one attached hydrogen (secondary N) is 1. The third-order valence-electron chi connectivity index (χ3n) is 4.03. The van der Waals surface area contributed by atoms with E-state index in [1.54, 1.807) is 7.11 Å². The van der Waals surface area contributed by atoms with Crippen molar-refractivity contribution in [3.05, 3.63) is 0 Å². The Morgan fingerprint density at radius 3 is 2.78 bits per heavy atom. The maximum atomic E-state index is 5.11. The molecule has 1 unspecified atom stereocenters. The van der Waals surface area contributed by atoms with E-state index in [0.717, 1.165) is 31.8 Å². The highest BCUT2D eigenvalue weighted by molar-refractivity contribution is 4.88. The highest BCUT2D eigenvalue weighted by Crippen LogP contribution is 2.21. The highest BCUT2D eigenvalue weighted by Gasteiger charge is 2.27. The van der Waals surface area contributed by atoms with Crippen molar-refractivity contribution < 1.29 is 4.74 Å². The van der Waals surface area contributed by atoms with E-state index in [-0.39, 0.29) is 0 Å². The fourth-order valence-corrected chi connectivity index (χ4v) is 2.65. The Hall–Kier alpha value is -0.160. The van der Waals surface area contributed by atoms with E-state index in [2.05, 4.69) is 22.2 Å². The predicted octanol–water partition coefficient (Wildman–Crippen LogP) is 0.781. The zero-order chi connectivity index (χ0) is 12.8. The molecule has 0 bridgehead atoms. The number of likely N-dealkylation sites (N-methyl/N-ethyl adjacent to an activating group) is 1. The van der Waals surface area contributed by atoms with Gasteiger partial charge in [-0.3, -0.25) is 0 Å². The Labute approximate surface area is 112 Å². The quantitative estimate of drug-likeness (QED) is 0.694. The summed E-state index contributed by atoms with van der Waals surface area (Å²) in [7, 11) is 3.95. The number of nitrogens with zero attached hydrogens (tertiary/aromatic N) is 2. The first-order chi connectivity index (χ1) is 8.78. The van der Waals surface area contributed by atoms with Crippen LogP contribution < -0.4 is 5.32 Å². The second kappa shape index (κ2) is 7.43. The van der Waals surface area contributed by atoms with E-state index in [4.69, 9.17) is 4.74 Å². The van der Waals surface area contributed by atoms with Crippen LogP contribution in [0.15, 0.2) is 0 Å². The SMILES string of the molecule is COCCN(C)CCN1CCCC(NC2CC2)C1. The fourth-order valence-electron chi connectivity index (χ4n) is 2.65. The molecule has 1 atom stereocenters. The summed E-state index contributed by atoms with van der Waals surface area (Å²) in [5, 5.41) is 3.77. The lowest BCUT2D eigenvalue weighted by Crippen LogP contribution is -2.48. The first kappa shape index (κ1) is 14.3. The van der Waals surface area contributed by atoms with Gasteiger partial charge in [-0.2, -0.15) is 0 Å². The standard InChI is InChI=1S/C14H29N3O/c1-16(10-11-18-2)8-9-17-7-3-4-14(12-17)15-13-5-6-13/h13-15H,3-12H2,1-2H3. The summed E-state index contributed by atoms with van der Waals surface area (Å²) in [6.07, 6.45) is 5.52. The van der Waals surface area contributed by atoms with Gasteiger partial charge >= 0.3 is 0 Å². The molecule has 1 saturated heterocycles. The maximum absolute atomic E-state index is 5.11. The molecular weight excluding hydrogens is 226 g/mol. The normalized spacial score (nSPS) is 25.8. The van der Waals surface area contributed by atoms with E-state index in [1.165, 1.54) is 45.3 Å². The Morgan fingerprint density at radius 2 is 2.06 bits per heavy atom. The van der Waals surface area contributed by atoms with Crippen molar-refractivity contribution in [2.24, 2.45) is 0 Å². The number of piperidine rings is 1. The molecule has 1 aliphatic carbocycles. The molecule has 2 fully saturated rings. The first-order valence-corrected chi connectivity index (χ1v) is 7.44. The Balaban J connectivity index is 1.59. The Bertz CT molecular complexity index is 233. The molecule has 1 saturated carbocycles. The topological polar surface area (TPSA) is 27.7 Å². The molecule has 0 spiro atoms. The van der Waals surface area contributed by atoms with Gasteiger partial charge in [-0.25, -0.2) is 0 Å². The Morgan fingerprint density at radius 1 is 1.22 bits per heavy atom. The molecule has 0 amide bonds. The van der Waals surface area contributed by atoms with Gasteiger partial charge in [-0.15, -0.1) is 0 Å². The molecule has 18 heavy (non-hydrogen) atoms. The number of rotatable bonds is 8. The van der Waals surface area contributed by atoms with Crippen molar-refractivity contribution in [3.8, 4) is 0 Å². The zero-order valence-electron chi connectivity index (χ0n) is 12.0. The predicted molar refractivity (Wildman–Crippen MR) is 75.0 cm³/mol. The van der Waals surface area contributed by atoms with Crippen LogP contribution in [0.5, 0.6) is 0 Å². The minimum Gasteiger partial charge on any atom is -0.383 e. The number of methoxy groups -OCH3 is 1. The Kier molecular flexibility index (Phi) is 5.89. The highest BCUT2D eigenvalue weighted by atomic mass is 16.5. The minimum absolute atomic E-state index is 0.746. The number of hydrogen-bond donors (Lipinski definition) is 1. The van der Waals surface area contributed by atoms with Gasteiger partial charge in [0, 0.05) is 45.4 Å². The summed E-state index contributed by atoms with van der Waals surface area (Å²) in [5.74, 6) is 0. The lowest BCUT2D eigenvalue weighted by atomic mass is 10.1. The van der Waals surface area contributed by atoms with E-state index in [1.807, 2.05) is 0 Å². The van der Waals surface area contributed by atoms with E-state index in [9.17, 15) is 0 Å². The summed E-state index contributed by atoms with van der Waals surface area (Å²) >= 11 is 0. The molecule has 1 N–H and O–H groups in total. The van der Waals surface area contributed by atoms with Crippen molar-refractivity contribution in [1.29, 1.82) is 0 Å². The molecule has 106 valence electrons. The molecule has 1 heterocycles. The number of hydrogen-bond acceptors (Lipinski definition) is 4. The average molecular weight is 255 g/mol. The molecular formula is C14H29N3O. The van der Waals surface area contributed by atoms with Gasteiger partial charge in [-0.05, 0) is 39.3 Å². The molecule has 2 rings (SSSR count). The maximum Gasteiger partial charge on any atom is 0.0589 e. The summed E-state index contributed by atoms with van der Waals surface area (Å²) in [6, 6.07) is 1.59. The number of likely N-dealkylation sites (tertiary alicyclic amines) is 1. The van der Waals surface area contributed by atoms with Crippen LogP contribution in [-0.2, 0) is 4.74 Å². The van der Waals surface area contributed by atoms with Crippen molar-refractivity contribution in [3.63, 3.8) is 0 Å². The van der Waals surface area contributed by atoms with Crippen LogP contribution in [0.4, 0.5) is 0 Å². The minimum atomic E-state index is 0.746. The molecule has 0 aromatic heterocycles.